The Labute approximate surface area is 467 Å². The molecule has 2 aromatic heterocycles. The Morgan fingerprint density at radius 1 is 0.988 bits per heavy atom. The zero-order valence-electron chi connectivity index (χ0n) is 46.4. The number of aliphatic hydroxyl groups is 1. The Balaban J connectivity index is 0.778. The molecule has 2 saturated carbocycles. The lowest BCUT2D eigenvalue weighted by Gasteiger charge is -2.72. The number of benzene rings is 4. The van der Waals surface area contributed by atoms with Crippen LogP contribution in [0.2, 0.25) is 0 Å². The highest BCUT2D eigenvalue weighted by atomic mass is 32.2. The molecule has 80 heavy (non-hydrogen) atoms. The van der Waals surface area contributed by atoms with Gasteiger partial charge >= 0.3 is 0 Å². The third kappa shape index (κ3) is 9.97. The number of halogens is 1. The molecular formula is C61H72FN9O8S. The summed E-state index contributed by atoms with van der Waals surface area (Å²) >= 11 is 0. The summed E-state index contributed by atoms with van der Waals surface area (Å²) in [4.78, 5) is 33.9. The largest absolute Gasteiger partial charge is 0.629 e. The average Bonchev–Trinajstić information content (AvgIpc) is 3.44. The molecule has 12 rings (SSSR count). The number of pyridine rings is 1. The van der Waals surface area contributed by atoms with Crippen LogP contribution in [0, 0.1) is 16.5 Å². The minimum atomic E-state index is -4.70. The number of carbonyl (C=O) groups excluding carboxylic acids is 1. The van der Waals surface area contributed by atoms with Gasteiger partial charge in [-0.1, -0.05) is 50.2 Å². The number of imidazole rings is 1. The van der Waals surface area contributed by atoms with Crippen molar-refractivity contribution in [1.82, 2.24) is 29.5 Å². The predicted molar refractivity (Wildman–Crippen MR) is 305 cm³/mol. The number of nitrogens with one attached hydrogen (secondary N) is 4. The number of methoxy groups -OCH3 is 2. The van der Waals surface area contributed by atoms with Gasteiger partial charge in [-0.05, 0) is 129 Å². The van der Waals surface area contributed by atoms with Gasteiger partial charge in [0.2, 0.25) is 0 Å². The van der Waals surface area contributed by atoms with Crippen LogP contribution in [-0.2, 0) is 23.0 Å². The highest BCUT2D eigenvalue weighted by Crippen LogP contribution is 2.60. The molecule has 5 heterocycles. The van der Waals surface area contributed by atoms with Gasteiger partial charge in [-0.3, -0.25) is 14.6 Å². The number of hydrogen-bond donors (Lipinski definition) is 5. The molecule has 3 aliphatic carbocycles. The molecule has 1 spiro atoms. The Bertz CT molecular complexity index is 3470. The summed E-state index contributed by atoms with van der Waals surface area (Å²) < 4.78 is 63.9. The van der Waals surface area contributed by atoms with Crippen molar-refractivity contribution in [2.75, 3.05) is 57.7 Å². The normalized spacial score (nSPS) is 24.1. The van der Waals surface area contributed by atoms with Crippen LogP contribution in [0.4, 0.5) is 21.5 Å². The fourth-order valence-corrected chi connectivity index (χ4v) is 15.0. The second kappa shape index (κ2) is 21.0. The molecule has 4 aromatic carbocycles. The molecule has 422 valence electrons. The van der Waals surface area contributed by atoms with Gasteiger partial charge in [0, 0.05) is 80.7 Å². The van der Waals surface area contributed by atoms with Crippen LogP contribution in [0.1, 0.15) is 122 Å². The maximum atomic E-state index is 15.1. The number of piperidine rings is 1. The standard InChI is InChI=1S/C61H72FN9O8S/c1-36(2)42-9-7-8-10-43(42)56-57-49(34-70(57)33-38-11-14-41(77-5)15-12-38)71(56)40-30-61(31-40)23-25-69(26-24-61)39-13-16-44(50(27-39)79-51-28-45-46(62)17-18-47(45)66-59(51)78-6)58(72)67-80(75,76)52-29-48(68(4)74)53(55-54(52)64-35-65-55)63-32-37-19-21-60(3,73)22-20-37/h7-17,27-29,35-37,40,49,56-57,63,68,73H,18-26,30-34H2,1-6H3,(H,64,65)(H,67,72)/t37-,49?,56-,57+,60-/m1/s1. The van der Waals surface area contributed by atoms with E-state index in [4.69, 9.17) is 14.2 Å². The maximum Gasteiger partial charge on any atom is 0.268 e. The minimum absolute atomic E-state index is 0.0151. The number of H-pyrrole nitrogens is 1. The van der Waals surface area contributed by atoms with Crippen molar-refractivity contribution in [2.24, 2.45) is 11.3 Å². The van der Waals surface area contributed by atoms with Crippen LogP contribution in [0.15, 0.2) is 96.2 Å². The van der Waals surface area contributed by atoms with E-state index in [1.165, 1.54) is 55.4 Å². The van der Waals surface area contributed by atoms with Crippen molar-refractivity contribution in [2.45, 2.75) is 126 Å². The van der Waals surface area contributed by atoms with Crippen molar-refractivity contribution in [3.8, 4) is 23.1 Å². The second-order valence-electron chi connectivity index (χ2n) is 23.8. The van der Waals surface area contributed by atoms with E-state index in [0.29, 0.717) is 66.4 Å². The highest BCUT2D eigenvalue weighted by Gasteiger charge is 2.64. The number of hydrogen-bond acceptors (Lipinski definition) is 14. The number of ether oxygens (including phenoxy) is 3. The monoisotopic (exact) mass is 1110 g/mol. The van der Waals surface area contributed by atoms with Gasteiger partial charge in [-0.25, -0.2) is 27.5 Å². The number of anilines is 2. The fourth-order valence-electron chi connectivity index (χ4n) is 13.8. The number of sulfonamides is 1. The molecule has 0 bridgehead atoms. The second-order valence-corrected chi connectivity index (χ2v) is 25.5. The summed E-state index contributed by atoms with van der Waals surface area (Å²) in [6.45, 7) is 10.4. The SMILES string of the molecule is COc1ccc(CN2CC3[C@H]2[C@@H](c2ccccc2C(C)C)N3C2CC3(CCN(c4ccc(C(=O)NS(=O)(=O)c5cc([NH+](C)[O-])c(NC[C@H]6CC[C@](C)(O)CC6)c6[nH]cnc56)c(Oc5cc6c(nc5OC)CC=C6F)c4)CC3)C2)cc1. The lowest BCUT2D eigenvalue weighted by atomic mass is 9.57. The van der Waals surface area contributed by atoms with Crippen molar-refractivity contribution in [1.29, 1.82) is 0 Å². The number of allylic oxidation sites excluding steroid dienone is 1. The van der Waals surface area contributed by atoms with Gasteiger partial charge in [-0.15, -0.1) is 0 Å². The average molecular weight is 1110 g/mol. The third-order valence-electron chi connectivity index (χ3n) is 18.4. The summed E-state index contributed by atoms with van der Waals surface area (Å²) in [7, 11) is -0.215. The van der Waals surface area contributed by atoms with Crippen molar-refractivity contribution >= 4 is 49.9 Å². The topological polar surface area (TPSA) is 202 Å². The number of quaternary nitrogens is 1. The molecular weight excluding hydrogens is 1040 g/mol. The molecule has 1 amide bonds. The van der Waals surface area contributed by atoms with E-state index in [2.05, 4.69) is 89.9 Å². The molecule has 17 nitrogen and oxygen atoms in total. The summed E-state index contributed by atoms with van der Waals surface area (Å²) in [6.07, 6.45) is 10.2. The number of aromatic amines is 1. The van der Waals surface area contributed by atoms with Crippen molar-refractivity contribution in [3.63, 3.8) is 0 Å². The van der Waals surface area contributed by atoms with Gasteiger partial charge in [-0.2, -0.15) is 0 Å². The summed E-state index contributed by atoms with van der Waals surface area (Å²) in [6, 6.07) is 27.1. The Morgan fingerprint density at radius 2 is 1.74 bits per heavy atom. The molecule has 5 fully saturated rings. The number of carbonyl (C=O) groups is 1. The van der Waals surface area contributed by atoms with E-state index >= 15 is 4.39 Å². The number of hydroxylamine groups is 1. The molecule has 6 aliphatic rings. The van der Waals surface area contributed by atoms with Crippen molar-refractivity contribution in [3.05, 3.63) is 130 Å². The number of amides is 1. The van der Waals surface area contributed by atoms with Gasteiger partial charge in [0.05, 0.1) is 56.0 Å². The van der Waals surface area contributed by atoms with Gasteiger partial charge in [0.15, 0.2) is 11.4 Å². The van der Waals surface area contributed by atoms with E-state index in [1.54, 1.807) is 25.3 Å². The number of rotatable bonds is 17. The zero-order chi connectivity index (χ0) is 55.8. The lowest BCUT2D eigenvalue weighted by molar-refractivity contribution is -0.750. The molecule has 19 heteroatoms. The van der Waals surface area contributed by atoms with Crippen LogP contribution in [0.25, 0.3) is 16.9 Å². The molecule has 3 saturated heterocycles. The van der Waals surface area contributed by atoms with Crippen LogP contribution in [0.5, 0.6) is 23.1 Å². The van der Waals surface area contributed by atoms with Crippen LogP contribution >= 0.6 is 0 Å². The summed E-state index contributed by atoms with van der Waals surface area (Å²) in [5.41, 5.74) is 5.91. The number of fused-ring (bicyclic) bond motifs is 3. The predicted octanol–water partition coefficient (Wildman–Crippen LogP) is 8.93. The smallest absolute Gasteiger partial charge is 0.268 e. The third-order valence-corrected chi connectivity index (χ3v) is 19.7. The number of nitrogens with zero attached hydrogens (tertiary/aromatic N) is 5. The fraction of sp³-hybridized carbons (Fsp3) is 0.459. The van der Waals surface area contributed by atoms with Crippen LogP contribution in [-0.4, -0.2) is 115 Å². The Hall–Kier alpha value is -6.61. The molecule has 3 aliphatic heterocycles. The Morgan fingerprint density at radius 3 is 2.45 bits per heavy atom. The van der Waals surface area contributed by atoms with Gasteiger partial charge in [0.25, 0.3) is 21.8 Å². The minimum Gasteiger partial charge on any atom is -0.629 e. The molecule has 0 radical (unpaired) electrons. The summed E-state index contributed by atoms with van der Waals surface area (Å²) in [5, 5.41) is 26.8. The highest BCUT2D eigenvalue weighted by molar-refractivity contribution is 7.90. The quantitative estimate of drug-likeness (QED) is 0.0542. The van der Waals surface area contributed by atoms with Gasteiger partial charge in [0.1, 0.15) is 33.4 Å². The van der Waals surface area contributed by atoms with E-state index < -0.39 is 27.4 Å². The maximum absolute atomic E-state index is 15.1. The zero-order valence-corrected chi connectivity index (χ0v) is 47.2. The first-order valence-corrected chi connectivity index (χ1v) is 29.7. The van der Waals surface area contributed by atoms with Gasteiger partial charge < -0.3 is 44.8 Å². The van der Waals surface area contributed by atoms with E-state index in [-0.39, 0.29) is 67.4 Å². The number of piperazine rings is 1. The first kappa shape index (κ1) is 54.0. The lowest BCUT2D eigenvalue weighted by Crippen LogP contribution is -2.98. The summed E-state index contributed by atoms with van der Waals surface area (Å²) in [5.74, 6) is 0.195. The van der Waals surface area contributed by atoms with E-state index in [0.717, 1.165) is 76.1 Å². The van der Waals surface area contributed by atoms with E-state index in [9.17, 15) is 23.5 Å². The first-order chi connectivity index (χ1) is 38.4. The molecule has 6 aromatic rings. The molecule has 4 atom stereocenters. The van der Waals surface area contributed by atoms with Crippen LogP contribution in [0.3, 0.4) is 0 Å². The Kier molecular flexibility index (Phi) is 14.2. The van der Waals surface area contributed by atoms with Crippen molar-refractivity contribution < 1.29 is 42.0 Å². The number of aromatic nitrogens is 3. The molecule has 2 unspecified atom stereocenters. The number of likely N-dealkylation sites (tertiary alicyclic amines) is 2. The molecule has 5 N–H and O–H groups in total. The van der Waals surface area contributed by atoms with E-state index in [1.807, 2.05) is 19.1 Å². The van der Waals surface area contributed by atoms with Crippen LogP contribution < -0.4 is 34.2 Å². The first-order valence-electron chi connectivity index (χ1n) is 28.2.